The summed E-state index contributed by atoms with van der Waals surface area (Å²) in [5, 5.41) is 15.0. The quantitative estimate of drug-likeness (QED) is 0.242. The molecule has 0 aliphatic rings. The Labute approximate surface area is 217 Å². The van der Waals surface area contributed by atoms with Crippen molar-refractivity contribution in [3.8, 4) is 28.3 Å². The summed E-state index contributed by atoms with van der Waals surface area (Å²) in [7, 11) is 0. The molecular weight excluding hydrogens is 503 g/mol. The van der Waals surface area contributed by atoms with Crippen LogP contribution in [0.1, 0.15) is 29.3 Å². The number of benzene rings is 3. The van der Waals surface area contributed by atoms with E-state index in [-0.39, 0.29) is 29.3 Å². The van der Waals surface area contributed by atoms with Gasteiger partial charge in [-0.15, -0.1) is 0 Å². The van der Waals surface area contributed by atoms with E-state index in [4.69, 9.17) is 37.7 Å². The second-order valence-corrected chi connectivity index (χ2v) is 8.70. The number of carbonyl (C=O) groups is 2. The van der Waals surface area contributed by atoms with E-state index in [0.29, 0.717) is 34.0 Å². The fourth-order valence-corrected chi connectivity index (χ4v) is 4.04. The number of halogens is 2. The summed E-state index contributed by atoms with van der Waals surface area (Å²) in [6, 6.07) is 21.1. The van der Waals surface area contributed by atoms with E-state index in [1.165, 1.54) is 11.1 Å². The maximum Gasteiger partial charge on any atom is 0.303 e. The molecule has 0 radical (unpaired) electrons. The molecular formula is C27H22Cl2N2O5. The number of hydroxylamine groups is 2. The van der Waals surface area contributed by atoms with Crippen LogP contribution in [0, 0.1) is 0 Å². The molecule has 1 heterocycles. The van der Waals surface area contributed by atoms with Crippen molar-refractivity contribution < 1.29 is 24.1 Å². The highest BCUT2D eigenvalue weighted by Crippen LogP contribution is 2.35. The van der Waals surface area contributed by atoms with Crippen LogP contribution in [-0.2, 0) is 11.2 Å². The van der Waals surface area contributed by atoms with Crippen molar-refractivity contribution in [2.75, 3.05) is 6.54 Å². The van der Waals surface area contributed by atoms with Crippen molar-refractivity contribution in [3.05, 3.63) is 94.0 Å². The van der Waals surface area contributed by atoms with Crippen molar-refractivity contribution >= 4 is 35.1 Å². The number of aryl methyl sites for hydroxylation is 1. The minimum atomic E-state index is -0.864. The molecule has 1 aromatic heterocycles. The maximum atomic E-state index is 13.8. The first kappa shape index (κ1) is 25.3. The first-order valence-corrected chi connectivity index (χ1v) is 11.9. The van der Waals surface area contributed by atoms with Gasteiger partial charge in [0.05, 0.1) is 11.6 Å². The first-order valence-electron chi connectivity index (χ1n) is 11.2. The Morgan fingerprint density at radius 3 is 2.36 bits per heavy atom. The number of rotatable bonds is 9. The van der Waals surface area contributed by atoms with Gasteiger partial charge in [-0.3, -0.25) is 9.59 Å². The Balaban J connectivity index is 1.73. The van der Waals surface area contributed by atoms with Crippen LogP contribution in [0.4, 0.5) is 0 Å². The lowest BCUT2D eigenvalue weighted by atomic mass is 10.00. The van der Waals surface area contributed by atoms with Crippen LogP contribution in [0.3, 0.4) is 0 Å². The Kier molecular flexibility index (Phi) is 7.93. The highest BCUT2D eigenvalue weighted by Gasteiger charge is 2.30. The number of hydrogen-bond acceptors (Lipinski definition) is 5. The molecule has 0 aliphatic carbocycles. The Hall–Kier alpha value is -3.81. The number of carboxylic acids is 1. The molecule has 184 valence electrons. The second-order valence-electron chi connectivity index (χ2n) is 7.86. The van der Waals surface area contributed by atoms with E-state index in [9.17, 15) is 9.59 Å². The van der Waals surface area contributed by atoms with Crippen molar-refractivity contribution in [1.82, 2.24) is 10.2 Å². The number of aromatic nitrogens is 1. The zero-order valence-corrected chi connectivity index (χ0v) is 20.8. The molecule has 0 saturated heterocycles. The number of carboxylic acid groups (broad SMARTS) is 1. The van der Waals surface area contributed by atoms with Crippen molar-refractivity contribution in [2.24, 2.45) is 0 Å². The molecule has 1 N–H and O–H groups in total. The van der Waals surface area contributed by atoms with Crippen molar-refractivity contribution in [1.29, 1.82) is 0 Å². The van der Waals surface area contributed by atoms with E-state index in [1.807, 2.05) is 42.5 Å². The lowest BCUT2D eigenvalue weighted by Crippen LogP contribution is -2.34. The van der Waals surface area contributed by atoms with Gasteiger partial charge >= 0.3 is 5.97 Å². The monoisotopic (exact) mass is 524 g/mol. The highest BCUT2D eigenvalue weighted by molar-refractivity contribution is 6.35. The van der Waals surface area contributed by atoms with Gasteiger partial charge in [0.15, 0.2) is 11.5 Å². The molecule has 3 aromatic carbocycles. The maximum absolute atomic E-state index is 13.8. The Morgan fingerprint density at radius 2 is 1.72 bits per heavy atom. The standard InChI is InChI=1S/C27H22Cl2N2O5/c1-2-31(36-22-14-13-20(28)16-21(22)29)27(34)24-25(30-35-26(24)19-6-4-3-5-7-19)18-11-8-17(9-12-18)10-15-23(32)33/h3-9,11-14,16H,2,10,15H2,1H3,(H,32,33). The largest absolute Gasteiger partial charge is 0.481 e. The third kappa shape index (κ3) is 5.70. The zero-order valence-electron chi connectivity index (χ0n) is 19.3. The predicted molar refractivity (Wildman–Crippen MR) is 137 cm³/mol. The molecule has 0 saturated carbocycles. The number of carbonyl (C=O) groups excluding carboxylic acids is 1. The summed E-state index contributed by atoms with van der Waals surface area (Å²) in [6.45, 7) is 1.99. The summed E-state index contributed by atoms with van der Waals surface area (Å²) in [5.74, 6) is -0.752. The highest BCUT2D eigenvalue weighted by atomic mass is 35.5. The molecule has 4 rings (SSSR count). The molecule has 0 spiro atoms. The molecule has 7 nitrogen and oxygen atoms in total. The van der Waals surface area contributed by atoms with Crippen LogP contribution < -0.4 is 4.84 Å². The summed E-state index contributed by atoms with van der Waals surface area (Å²) < 4.78 is 5.68. The fraction of sp³-hybridized carbons (Fsp3) is 0.148. The van der Waals surface area contributed by atoms with E-state index in [0.717, 1.165) is 5.56 Å². The molecule has 0 unspecified atom stereocenters. The van der Waals surface area contributed by atoms with Crippen LogP contribution in [-0.4, -0.2) is 33.7 Å². The van der Waals surface area contributed by atoms with Crippen LogP contribution in [0.2, 0.25) is 10.0 Å². The van der Waals surface area contributed by atoms with Crippen molar-refractivity contribution in [3.63, 3.8) is 0 Å². The van der Waals surface area contributed by atoms with Crippen LogP contribution in [0.15, 0.2) is 77.3 Å². The third-order valence-electron chi connectivity index (χ3n) is 5.41. The van der Waals surface area contributed by atoms with E-state index in [2.05, 4.69) is 5.16 Å². The molecule has 4 aromatic rings. The minimum absolute atomic E-state index is 0.0290. The summed E-state index contributed by atoms with van der Waals surface area (Å²) in [5.41, 5.74) is 2.75. The van der Waals surface area contributed by atoms with E-state index < -0.39 is 11.9 Å². The summed E-state index contributed by atoms with van der Waals surface area (Å²) in [4.78, 5) is 30.6. The first-order chi connectivity index (χ1) is 17.4. The normalized spacial score (nSPS) is 10.8. The van der Waals surface area contributed by atoms with E-state index >= 15 is 0 Å². The molecule has 36 heavy (non-hydrogen) atoms. The molecule has 0 aliphatic heterocycles. The van der Waals surface area contributed by atoms with Crippen molar-refractivity contribution in [2.45, 2.75) is 19.8 Å². The van der Waals surface area contributed by atoms with Gasteiger partial charge in [0, 0.05) is 22.6 Å². The van der Waals surface area contributed by atoms with E-state index in [1.54, 1.807) is 31.2 Å². The minimum Gasteiger partial charge on any atom is -0.481 e. The Bertz CT molecular complexity index is 1370. The topological polar surface area (TPSA) is 92.9 Å². The molecule has 9 heteroatoms. The Morgan fingerprint density at radius 1 is 1.00 bits per heavy atom. The van der Waals surface area contributed by atoms with Gasteiger partial charge in [-0.25, -0.2) is 0 Å². The SMILES string of the molecule is CCN(Oc1ccc(Cl)cc1Cl)C(=O)c1c(-c2ccc(CCC(=O)O)cc2)noc1-c1ccccc1. The van der Waals surface area contributed by atoms with Gasteiger partial charge in [0.1, 0.15) is 11.3 Å². The van der Waals surface area contributed by atoms with Crippen LogP contribution in [0.5, 0.6) is 5.75 Å². The zero-order chi connectivity index (χ0) is 25.7. The molecule has 0 bridgehead atoms. The third-order valence-corrected chi connectivity index (χ3v) is 5.94. The number of nitrogens with zero attached hydrogens (tertiary/aromatic N) is 2. The fourth-order valence-electron chi connectivity index (χ4n) is 3.59. The second kappa shape index (κ2) is 11.3. The number of hydrogen-bond donors (Lipinski definition) is 1. The van der Waals surface area contributed by atoms with Gasteiger partial charge in [0.2, 0.25) is 0 Å². The molecule has 0 fully saturated rings. The van der Waals surface area contributed by atoms with Crippen LogP contribution >= 0.6 is 23.2 Å². The van der Waals surface area contributed by atoms with Gasteiger partial charge in [-0.1, -0.05) is 83.0 Å². The average Bonchev–Trinajstić information content (AvgIpc) is 3.33. The van der Waals surface area contributed by atoms with Gasteiger partial charge in [0.25, 0.3) is 5.91 Å². The summed E-state index contributed by atoms with van der Waals surface area (Å²) in [6.07, 6.45) is 0.427. The lowest BCUT2D eigenvalue weighted by Gasteiger charge is -2.21. The van der Waals surface area contributed by atoms with Gasteiger partial charge in [-0.05, 0) is 37.1 Å². The number of amides is 1. The van der Waals surface area contributed by atoms with Crippen LogP contribution in [0.25, 0.3) is 22.6 Å². The number of aliphatic carboxylic acids is 1. The smallest absolute Gasteiger partial charge is 0.303 e. The summed E-state index contributed by atoms with van der Waals surface area (Å²) >= 11 is 12.2. The predicted octanol–water partition coefficient (Wildman–Crippen LogP) is 6.79. The lowest BCUT2D eigenvalue weighted by molar-refractivity contribution is -0.136. The average molecular weight is 525 g/mol. The van der Waals surface area contributed by atoms with Gasteiger partial charge < -0.3 is 14.5 Å². The molecule has 0 atom stereocenters. The molecule has 1 amide bonds. The van der Waals surface area contributed by atoms with Gasteiger partial charge in [-0.2, -0.15) is 5.06 Å².